The van der Waals surface area contributed by atoms with Crippen LogP contribution in [-0.2, 0) is 25.4 Å². The van der Waals surface area contributed by atoms with Gasteiger partial charge in [-0.1, -0.05) is 18.3 Å². The maximum atomic E-state index is 13.3. The molecule has 6 nitrogen and oxygen atoms in total. The maximum absolute atomic E-state index is 13.3. The predicted molar refractivity (Wildman–Crippen MR) is 138 cm³/mol. The van der Waals surface area contributed by atoms with E-state index >= 15 is 0 Å². The standard InChI is InChI=1S/C26H25F3N6S/c1-14-21(9-16-8-15(13-35(2)3)4-7-20(16)31-14)33-25-30-12-17-10-23(36)32-22-11-18(26(27,28)29)5-6-19(22)24(17)34-25/h5-6,9,11-13,15H,4,7-8,10H2,1-3H3,(H-,30,32,33,34,36)/p+1. The molecule has 3 heterocycles. The maximum Gasteiger partial charge on any atom is 0.416 e. The minimum atomic E-state index is -4.45. The van der Waals surface area contributed by atoms with Crippen LogP contribution in [0.2, 0.25) is 0 Å². The van der Waals surface area contributed by atoms with Gasteiger partial charge in [0, 0.05) is 41.0 Å². The fourth-order valence-corrected chi connectivity index (χ4v) is 5.09. The molecule has 186 valence electrons. The van der Waals surface area contributed by atoms with E-state index in [1.165, 1.54) is 11.6 Å². The molecule has 0 radical (unpaired) electrons. The summed E-state index contributed by atoms with van der Waals surface area (Å²) in [6.07, 6.45) is 2.73. The second-order valence-corrected chi connectivity index (χ2v) is 10.0. The molecule has 2 aromatic heterocycles. The van der Waals surface area contributed by atoms with E-state index < -0.39 is 11.7 Å². The van der Waals surface area contributed by atoms with Crippen molar-refractivity contribution < 1.29 is 17.7 Å². The number of nitrogens with one attached hydrogen (secondary N) is 2. The molecule has 0 amide bonds. The molecule has 1 aliphatic heterocycles. The van der Waals surface area contributed by atoms with Crippen molar-refractivity contribution in [2.24, 2.45) is 5.92 Å². The van der Waals surface area contributed by atoms with Gasteiger partial charge in [0.1, 0.15) is 20.3 Å². The van der Waals surface area contributed by atoms with E-state index in [2.05, 4.69) is 32.5 Å². The summed E-state index contributed by atoms with van der Waals surface area (Å²) in [5, 5.41) is 6.23. The quantitative estimate of drug-likeness (QED) is 0.281. The summed E-state index contributed by atoms with van der Waals surface area (Å²) in [4.78, 5) is 14.4. The van der Waals surface area contributed by atoms with Crippen molar-refractivity contribution in [1.29, 1.82) is 0 Å². The predicted octanol–water partition coefficient (Wildman–Crippen LogP) is 5.35. The van der Waals surface area contributed by atoms with Crippen LogP contribution in [0.1, 0.15) is 34.5 Å². The van der Waals surface area contributed by atoms with Crippen molar-refractivity contribution >= 4 is 40.7 Å². The van der Waals surface area contributed by atoms with E-state index in [4.69, 9.17) is 22.2 Å². The molecule has 1 unspecified atom stereocenters. The van der Waals surface area contributed by atoms with Crippen molar-refractivity contribution in [2.75, 3.05) is 24.7 Å². The second-order valence-electron chi connectivity index (χ2n) is 9.52. The first kappa shape index (κ1) is 24.3. The molecule has 0 saturated heterocycles. The zero-order valence-electron chi connectivity index (χ0n) is 20.2. The topological polar surface area (TPSA) is 65.7 Å². The highest BCUT2D eigenvalue weighted by molar-refractivity contribution is 7.80. The van der Waals surface area contributed by atoms with Crippen molar-refractivity contribution in [3.05, 3.63) is 58.5 Å². The van der Waals surface area contributed by atoms with Crippen LogP contribution in [0.15, 0.2) is 30.5 Å². The number of aromatic nitrogens is 3. The van der Waals surface area contributed by atoms with Gasteiger partial charge in [-0.3, -0.25) is 4.98 Å². The molecular weight excluding hydrogens is 485 g/mol. The molecule has 2 aliphatic rings. The fraction of sp³-hybridized carbons (Fsp3) is 0.346. The van der Waals surface area contributed by atoms with Gasteiger partial charge >= 0.3 is 6.18 Å². The van der Waals surface area contributed by atoms with Crippen LogP contribution in [0, 0.1) is 12.8 Å². The largest absolute Gasteiger partial charge is 0.416 e. The summed E-state index contributed by atoms with van der Waals surface area (Å²) in [6, 6.07) is 5.68. The highest BCUT2D eigenvalue weighted by atomic mass is 32.1. The first-order valence-corrected chi connectivity index (χ1v) is 12.1. The Balaban J connectivity index is 1.49. The molecule has 2 N–H and O–H groups in total. The number of pyridine rings is 1. The molecule has 1 aliphatic carbocycles. The normalized spacial score (nSPS) is 16.7. The molecule has 1 aromatic carbocycles. The lowest BCUT2D eigenvalue weighted by atomic mass is 9.87. The molecule has 5 rings (SSSR count). The third kappa shape index (κ3) is 4.95. The van der Waals surface area contributed by atoms with Gasteiger partial charge in [0.25, 0.3) is 0 Å². The Hall–Kier alpha value is -3.40. The van der Waals surface area contributed by atoms with Crippen LogP contribution in [0.5, 0.6) is 0 Å². The number of hydrogen-bond acceptors (Lipinski definition) is 5. The number of fused-ring (bicyclic) bond motifs is 4. The molecule has 0 saturated carbocycles. The van der Waals surface area contributed by atoms with E-state index in [-0.39, 0.29) is 5.69 Å². The first-order valence-electron chi connectivity index (χ1n) is 11.7. The Kier molecular flexibility index (Phi) is 6.23. The Morgan fingerprint density at radius 1 is 1.17 bits per heavy atom. The number of alkyl halides is 3. The van der Waals surface area contributed by atoms with Crippen LogP contribution in [0.25, 0.3) is 11.3 Å². The lowest BCUT2D eigenvalue weighted by molar-refractivity contribution is -0.461. The summed E-state index contributed by atoms with van der Waals surface area (Å²) >= 11 is 5.35. The van der Waals surface area contributed by atoms with Crippen LogP contribution >= 0.6 is 12.2 Å². The molecule has 10 heteroatoms. The SMILES string of the molecule is Cc1nc2c(cc1Nc1ncc3c(n1)-c1ccc(C(F)(F)F)cc1NC(=S)C3)CC(C=[N+](C)C)CC2. The molecule has 0 bridgehead atoms. The van der Waals surface area contributed by atoms with E-state index in [1.807, 2.05) is 21.0 Å². The molecular formula is C26H26F3N6S+. The Morgan fingerprint density at radius 3 is 2.72 bits per heavy atom. The Morgan fingerprint density at radius 2 is 1.97 bits per heavy atom. The van der Waals surface area contributed by atoms with E-state index in [0.29, 0.717) is 34.5 Å². The minimum absolute atomic E-state index is 0.285. The lowest BCUT2D eigenvalue weighted by Crippen LogP contribution is -2.20. The highest BCUT2D eigenvalue weighted by Crippen LogP contribution is 2.38. The van der Waals surface area contributed by atoms with Gasteiger partial charge in [-0.15, -0.1) is 0 Å². The number of anilines is 3. The number of hydrogen-bond donors (Lipinski definition) is 2. The van der Waals surface area contributed by atoms with Crippen molar-refractivity contribution in [3.8, 4) is 11.3 Å². The fourth-order valence-electron chi connectivity index (χ4n) is 4.82. The van der Waals surface area contributed by atoms with Crippen LogP contribution in [0.4, 0.5) is 30.5 Å². The van der Waals surface area contributed by atoms with Crippen molar-refractivity contribution in [1.82, 2.24) is 15.0 Å². The van der Waals surface area contributed by atoms with Gasteiger partial charge in [0.2, 0.25) is 5.95 Å². The summed E-state index contributed by atoms with van der Waals surface area (Å²) in [5.41, 5.74) is 5.37. The average molecular weight is 512 g/mol. The second kappa shape index (κ2) is 9.24. The summed E-state index contributed by atoms with van der Waals surface area (Å²) in [7, 11) is 4.08. The first-order chi connectivity index (χ1) is 17.1. The Labute approximate surface area is 212 Å². The van der Waals surface area contributed by atoms with E-state index in [1.54, 1.807) is 6.20 Å². The average Bonchev–Trinajstić information content (AvgIpc) is 2.93. The van der Waals surface area contributed by atoms with Gasteiger partial charge in [0.15, 0.2) is 0 Å². The molecule has 36 heavy (non-hydrogen) atoms. The summed E-state index contributed by atoms with van der Waals surface area (Å²) < 4.78 is 42.0. The van der Waals surface area contributed by atoms with E-state index in [9.17, 15) is 13.2 Å². The molecule has 0 spiro atoms. The van der Waals surface area contributed by atoms with Gasteiger partial charge in [-0.2, -0.15) is 13.2 Å². The minimum Gasteiger partial charge on any atom is -0.349 e. The monoisotopic (exact) mass is 511 g/mol. The molecule has 0 fully saturated rings. The van der Waals surface area contributed by atoms with Crippen molar-refractivity contribution in [2.45, 2.75) is 38.8 Å². The number of thiocarbonyl (C=S) groups is 1. The Bertz CT molecular complexity index is 1400. The summed E-state index contributed by atoms with van der Waals surface area (Å²) in [5.74, 6) is 0.813. The van der Waals surface area contributed by atoms with Gasteiger partial charge in [-0.05, 0) is 49.9 Å². The number of rotatable bonds is 3. The van der Waals surface area contributed by atoms with Gasteiger partial charge in [0.05, 0.1) is 27.6 Å². The zero-order valence-corrected chi connectivity index (χ0v) is 21.0. The van der Waals surface area contributed by atoms with Crippen LogP contribution in [-0.4, -0.2) is 44.8 Å². The van der Waals surface area contributed by atoms with Gasteiger partial charge < -0.3 is 10.6 Å². The third-order valence-corrected chi connectivity index (χ3v) is 6.71. The lowest BCUT2D eigenvalue weighted by Gasteiger charge is -2.22. The number of benzene rings is 1. The van der Waals surface area contributed by atoms with Gasteiger partial charge in [-0.25, -0.2) is 14.5 Å². The number of nitrogens with zero attached hydrogens (tertiary/aromatic N) is 4. The third-order valence-electron chi connectivity index (χ3n) is 6.46. The van der Waals surface area contributed by atoms with Crippen LogP contribution < -0.4 is 10.6 Å². The summed E-state index contributed by atoms with van der Waals surface area (Å²) in [6.45, 7) is 1.94. The zero-order chi connectivity index (χ0) is 25.6. The molecule has 1 atom stereocenters. The smallest absolute Gasteiger partial charge is 0.349 e. The highest BCUT2D eigenvalue weighted by Gasteiger charge is 2.32. The molecule has 3 aromatic rings. The van der Waals surface area contributed by atoms with E-state index in [0.717, 1.165) is 54.0 Å². The number of aryl methyl sites for hydroxylation is 2. The number of halogens is 3. The van der Waals surface area contributed by atoms with Crippen LogP contribution in [0.3, 0.4) is 0 Å². The van der Waals surface area contributed by atoms with Crippen molar-refractivity contribution in [3.63, 3.8) is 0 Å².